The Bertz CT molecular complexity index is 672. The van der Waals surface area contributed by atoms with E-state index in [1.165, 1.54) is 18.2 Å². The van der Waals surface area contributed by atoms with Crippen molar-refractivity contribution in [3.63, 3.8) is 0 Å². The largest absolute Gasteiger partial charge is 0.505 e. The smallest absolute Gasteiger partial charge is 0.182 e. The SMILES string of the molecule is CC(C)(C)C1=CC(=Nc2cc(Cl)c(O)c(Cl)c2)C=CC1=O. The third-order valence-electron chi connectivity index (χ3n) is 3.03. The maximum Gasteiger partial charge on any atom is 0.182 e. The van der Waals surface area contributed by atoms with Gasteiger partial charge in [0.25, 0.3) is 0 Å². The summed E-state index contributed by atoms with van der Waals surface area (Å²) in [5, 5.41) is 9.81. The highest BCUT2D eigenvalue weighted by atomic mass is 35.5. The number of hydrogen-bond donors (Lipinski definition) is 1. The van der Waals surface area contributed by atoms with E-state index >= 15 is 0 Å². The molecule has 0 fully saturated rings. The molecule has 0 spiro atoms. The summed E-state index contributed by atoms with van der Waals surface area (Å²) in [7, 11) is 0. The molecule has 1 aromatic rings. The number of halogens is 2. The molecule has 1 aromatic carbocycles. The van der Waals surface area contributed by atoms with Crippen LogP contribution in [0.1, 0.15) is 20.8 Å². The highest BCUT2D eigenvalue weighted by Gasteiger charge is 2.24. The van der Waals surface area contributed by atoms with Gasteiger partial charge in [0.2, 0.25) is 0 Å². The molecule has 21 heavy (non-hydrogen) atoms. The van der Waals surface area contributed by atoms with E-state index in [4.69, 9.17) is 23.2 Å². The van der Waals surface area contributed by atoms with Gasteiger partial charge >= 0.3 is 0 Å². The standard InChI is InChI=1S/C16H15Cl2NO2/c1-16(2,3)11-6-9(4-5-14(11)20)19-10-7-12(17)15(21)13(18)8-10/h4-8,21H,1-3H3. The van der Waals surface area contributed by atoms with E-state index in [2.05, 4.69) is 4.99 Å². The Labute approximate surface area is 133 Å². The fourth-order valence-electron chi connectivity index (χ4n) is 1.94. The topological polar surface area (TPSA) is 49.7 Å². The van der Waals surface area contributed by atoms with Crippen molar-refractivity contribution >= 4 is 40.4 Å². The summed E-state index contributed by atoms with van der Waals surface area (Å²) in [5.74, 6) is -0.175. The average molecular weight is 324 g/mol. The number of carbonyl (C=O) groups excluding carboxylic acids is 1. The van der Waals surface area contributed by atoms with Gasteiger partial charge in [-0.15, -0.1) is 0 Å². The maximum absolute atomic E-state index is 11.9. The number of hydrogen-bond acceptors (Lipinski definition) is 3. The second-order valence-electron chi connectivity index (χ2n) is 5.80. The molecule has 0 bridgehead atoms. The molecule has 1 aliphatic carbocycles. The van der Waals surface area contributed by atoms with Crippen LogP contribution in [-0.4, -0.2) is 16.6 Å². The molecular formula is C16H15Cl2NO2. The second kappa shape index (κ2) is 5.66. The second-order valence-corrected chi connectivity index (χ2v) is 6.61. The number of ketones is 1. The lowest BCUT2D eigenvalue weighted by molar-refractivity contribution is -0.112. The summed E-state index contributed by atoms with van der Waals surface area (Å²) >= 11 is 11.7. The molecule has 1 N–H and O–H groups in total. The molecule has 0 amide bonds. The van der Waals surface area contributed by atoms with Crippen LogP contribution in [-0.2, 0) is 4.79 Å². The minimum atomic E-state index is -0.257. The van der Waals surface area contributed by atoms with Crippen molar-refractivity contribution < 1.29 is 9.90 Å². The maximum atomic E-state index is 11.9. The van der Waals surface area contributed by atoms with E-state index in [9.17, 15) is 9.90 Å². The van der Waals surface area contributed by atoms with E-state index in [-0.39, 0.29) is 27.0 Å². The summed E-state index contributed by atoms with van der Waals surface area (Å²) in [5.41, 5.74) is 1.59. The third-order valence-corrected chi connectivity index (χ3v) is 3.61. The van der Waals surface area contributed by atoms with Crippen molar-refractivity contribution in [2.24, 2.45) is 10.4 Å². The molecular weight excluding hydrogens is 309 g/mol. The normalized spacial score (nSPS) is 17.3. The van der Waals surface area contributed by atoms with Gasteiger partial charge in [0, 0.05) is 5.57 Å². The quantitative estimate of drug-likeness (QED) is 0.748. The van der Waals surface area contributed by atoms with Crippen LogP contribution >= 0.6 is 23.2 Å². The van der Waals surface area contributed by atoms with Crippen LogP contribution in [0.5, 0.6) is 5.75 Å². The Kier molecular flexibility index (Phi) is 4.26. The zero-order valence-corrected chi connectivity index (χ0v) is 13.5. The average Bonchev–Trinajstić information content (AvgIpc) is 2.37. The summed E-state index contributed by atoms with van der Waals surface area (Å²) < 4.78 is 0. The van der Waals surface area contributed by atoms with E-state index in [0.29, 0.717) is 17.0 Å². The summed E-state index contributed by atoms with van der Waals surface area (Å²) in [6.07, 6.45) is 4.91. The van der Waals surface area contributed by atoms with Crippen molar-refractivity contribution in [1.29, 1.82) is 0 Å². The fourth-order valence-corrected chi connectivity index (χ4v) is 2.41. The van der Waals surface area contributed by atoms with Gasteiger partial charge < -0.3 is 5.11 Å². The van der Waals surface area contributed by atoms with Crippen LogP contribution in [0, 0.1) is 5.41 Å². The van der Waals surface area contributed by atoms with Gasteiger partial charge in [0.1, 0.15) is 0 Å². The lowest BCUT2D eigenvalue weighted by Crippen LogP contribution is -2.20. The Morgan fingerprint density at radius 3 is 2.19 bits per heavy atom. The van der Waals surface area contributed by atoms with Crippen LogP contribution in [0.4, 0.5) is 5.69 Å². The number of phenolic OH excluding ortho intramolecular Hbond substituents is 1. The van der Waals surface area contributed by atoms with Gasteiger partial charge in [-0.25, -0.2) is 4.99 Å². The minimum absolute atomic E-state index is 0.0109. The first-order valence-corrected chi connectivity index (χ1v) is 7.15. The number of carbonyl (C=O) groups is 1. The van der Waals surface area contributed by atoms with E-state index < -0.39 is 0 Å². The lowest BCUT2D eigenvalue weighted by atomic mass is 9.81. The number of aliphatic imine (C=N–C) groups is 1. The number of allylic oxidation sites excluding steroid dienone is 4. The molecule has 5 heteroatoms. The van der Waals surface area contributed by atoms with Gasteiger partial charge in [0.15, 0.2) is 11.5 Å². The molecule has 0 saturated carbocycles. The van der Waals surface area contributed by atoms with Gasteiger partial charge in [-0.1, -0.05) is 44.0 Å². The monoisotopic (exact) mass is 323 g/mol. The number of benzene rings is 1. The molecule has 3 nitrogen and oxygen atoms in total. The van der Waals surface area contributed by atoms with Crippen molar-refractivity contribution in [3.05, 3.63) is 46.0 Å². The van der Waals surface area contributed by atoms with Crippen LogP contribution in [0.3, 0.4) is 0 Å². The Morgan fingerprint density at radius 2 is 1.67 bits per heavy atom. The van der Waals surface area contributed by atoms with E-state index in [1.54, 1.807) is 12.2 Å². The lowest BCUT2D eigenvalue weighted by Gasteiger charge is -2.22. The van der Waals surface area contributed by atoms with Crippen LogP contribution in [0.25, 0.3) is 0 Å². The molecule has 1 aliphatic rings. The van der Waals surface area contributed by atoms with Gasteiger partial charge in [-0.05, 0) is 35.8 Å². The molecule has 110 valence electrons. The van der Waals surface area contributed by atoms with Gasteiger partial charge in [-0.3, -0.25) is 4.79 Å². The Hall–Kier alpha value is -1.58. The molecule has 0 saturated heterocycles. The fraction of sp³-hybridized carbons (Fsp3) is 0.250. The number of rotatable bonds is 1. The van der Waals surface area contributed by atoms with E-state index in [0.717, 1.165) is 0 Å². The molecule has 0 radical (unpaired) electrons. The number of phenols is 1. The predicted octanol–water partition coefficient (Wildman–Crippen LogP) is 4.88. The minimum Gasteiger partial charge on any atom is -0.505 e. The summed E-state index contributed by atoms with van der Waals surface area (Å²) in [4.78, 5) is 16.3. The predicted molar refractivity (Wildman–Crippen MR) is 86.9 cm³/mol. The van der Waals surface area contributed by atoms with Crippen molar-refractivity contribution in [3.8, 4) is 5.75 Å². The Balaban J connectivity index is 2.45. The third kappa shape index (κ3) is 3.55. The molecule has 0 aromatic heterocycles. The van der Waals surface area contributed by atoms with Gasteiger partial charge in [-0.2, -0.15) is 0 Å². The first-order chi connectivity index (χ1) is 9.68. The highest BCUT2D eigenvalue weighted by Crippen LogP contribution is 2.36. The molecule has 0 heterocycles. The first-order valence-electron chi connectivity index (χ1n) is 6.40. The van der Waals surface area contributed by atoms with Crippen LogP contribution in [0.15, 0.2) is 40.9 Å². The zero-order chi connectivity index (χ0) is 15.8. The zero-order valence-electron chi connectivity index (χ0n) is 11.9. The van der Waals surface area contributed by atoms with Crippen molar-refractivity contribution in [2.45, 2.75) is 20.8 Å². The summed E-state index contributed by atoms with van der Waals surface area (Å²) in [6.45, 7) is 5.92. The molecule has 0 atom stereocenters. The molecule has 2 rings (SSSR count). The molecule has 0 aliphatic heterocycles. The highest BCUT2D eigenvalue weighted by molar-refractivity contribution is 6.37. The number of aromatic hydroxyl groups is 1. The van der Waals surface area contributed by atoms with Crippen molar-refractivity contribution in [2.75, 3.05) is 0 Å². The first kappa shape index (κ1) is 15.8. The van der Waals surface area contributed by atoms with Gasteiger partial charge in [0.05, 0.1) is 21.4 Å². The number of nitrogens with zero attached hydrogens (tertiary/aromatic N) is 1. The Morgan fingerprint density at radius 1 is 1.10 bits per heavy atom. The van der Waals surface area contributed by atoms with Crippen LogP contribution in [0.2, 0.25) is 10.0 Å². The molecule has 0 unspecified atom stereocenters. The van der Waals surface area contributed by atoms with Crippen molar-refractivity contribution in [1.82, 2.24) is 0 Å². The van der Waals surface area contributed by atoms with Crippen LogP contribution < -0.4 is 0 Å². The van der Waals surface area contributed by atoms with E-state index in [1.807, 2.05) is 20.8 Å². The summed E-state index contributed by atoms with van der Waals surface area (Å²) in [6, 6.07) is 3.04.